The molecule has 0 N–H and O–H groups in total. The second-order valence-electron chi connectivity index (χ2n) is 5.78. The topological polar surface area (TPSA) is 77.3 Å². The number of para-hydroxylation sites is 1. The maximum Gasteiger partial charge on any atom is 0.224 e. The number of sulfonamides is 1. The van der Waals surface area contributed by atoms with Crippen LogP contribution in [-0.2, 0) is 16.6 Å². The number of imidazole rings is 1. The number of hydrogen-bond donors (Lipinski definition) is 0. The van der Waals surface area contributed by atoms with Crippen molar-refractivity contribution in [1.82, 2.24) is 18.8 Å². The summed E-state index contributed by atoms with van der Waals surface area (Å²) in [7, 11) is 1.33. The molecule has 132 valence electrons. The molecule has 2 aromatic heterocycles. The monoisotopic (exact) mass is 360 g/mol. The van der Waals surface area contributed by atoms with E-state index in [1.54, 1.807) is 24.1 Å². The second-order valence-corrected chi connectivity index (χ2v) is 8.08. The molecule has 2 heterocycles. The van der Waals surface area contributed by atoms with Crippen LogP contribution in [0.5, 0.6) is 5.88 Å². The van der Waals surface area contributed by atoms with Crippen molar-refractivity contribution >= 4 is 20.9 Å². The summed E-state index contributed by atoms with van der Waals surface area (Å²) >= 11 is 0. The van der Waals surface area contributed by atoms with Gasteiger partial charge in [0.2, 0.25) is 15.9 Å². The maximum atomic E-state index is 12.0. The molecule has 3 rings (SSSR count). The van der Waals surface area contributed by atoms with Crippen LogP contribution in [0.25, 0.3) is 22.3 Å². The van der Waals surface area contributed by atoms with Gasteiger partial charge in [-0.05, 0) is 12.1 Å². The Morgan fingerprint density at radius 3 is 2.72 bits per heavy atom. The molecule has 0 fully saturated rings. The van der Waals surface area contributed by atoms with E-state index < -0.39 is 10.0 Å². The van der Waals surface area contributed by atoms with Gasteiger partial charge in [-0.2, -0.15) is 0 Å². The SMILES string of the molecule is COc1nc2ccccc2cc1-c1nccn1CCS(=O)(=O)N(C)C. The quantitative estimate of drug-likeness (QED) is 0.672. The number of hydrogen-bond acceptors (Lipinski definition) is 5. The van der Waals surface area contributed by atoms with Crippen molar-refractivity contribution in [2.24, 2.45) is 0 Å². The van der Waals surface area contributed by atoms with Gasteiger partial charge in [-0.15, -0.1) is 0 Å². The third-order valence-corrected chi connectivity index (χ3v) is 5.80. The second kappa shape index (κ2) is 6.81. The summed E-state index contributed by atoms with van der Waals surface area (Å²) in [5.74, 6) is 1.08. The molecule has 0 amide bonds. The molecular weight excluding hydrogens is 340 g/mol. The summed E-state index contributed by atoms with van der Waals surface area (Å²) in [5, 5.41) is 0.966. The number of pyridine rings is 1. The third-order valence-electron chi connectivity index (χ3n) is 3.99. The maximum absolute atomic E-state index is 12.0. The van der Waals surface area contributed by atoms with Crippen LogP contribution in [0.4, 0.5) is 0 Å². The summed E-state index contributed by atoms with van der Waals surface area (Å²) in [6.45, 7) is 0.297. The smallest absolute Gasteiger partial charge is 0.224 e. The predicted molar refractivity (Wildman–Crippen MR) is 97.0 cm³/mol. The minimum Gasteiger partial charge on any atom is -0.480 e. The Balaban J connectivity index is 2.01. The van der Waals surface area contributed by atoms with Gasteiger partial charge >= 0.3 is 0 Å². The molecule has 0 unspecified atom stereocenters. The lowest BCUT2D eigenvalue weighted by Crippen LogP contribution is -2.27. The van der Waals surface area contributed by atoms with E-state index in [0.29, 0.717) is 18.2 Å². The van der Waals surface area contributed by atoms with Crippen LogP contribution in [0.3, 0.4) is 0 Å². The minimum atomic E-state index is -3.29. The van der Waals surface area contributed by atoms with Gasteiger partial charge in [-0.3, -0.25) is 0 Å². The molecule has 0 spiro atoms. The van der Waals surface area contributed by atoms with E-state index in [0.717, 1.165) is 16.5 Å². The summed E-state index contributed by atoms with van der Waals surface area (Å²) in [4.78, 5) is 8.91. The average Bonchev–Trinajstić information content (AvgIpc) is 3.07. The van der Waals surface area contributed by atoms with E-state index in [2.05, 4.69) is 9.97 Å². The van der Waals surface area contributed by atoms with Gasteiger partial charge in [0.1, 0.15) is 5.82 Å². The van der Waals surface area contributed by atoms with Crippen LogP contribution >= 0.6 is 0 Å². The Labute approximate surface area is 146 Å². The first-order chi connectivity index (χ1) is 11.9. The molecule has 0 aliphatic carbocycles. The van der Waals surface area contributed by atoms with Crippen LogP contribution in [0.2, 0.25) is 0 Å². The fourth-order valence-electron chi connectivity index (χ4n) is 2.54. The number of aromatic nitrogens is 3. The van der Waals surface area contributed by atoms with E-state index in [9.17, 15) is 8.42 Å². The molecule has 0 aliphatic rings. The van der Waals surface area contributed by atoms with Gasteiger partial charge in [0.15, 0.2) is 0 Å². The molecule has 25 heavy (non-hydrogen) atoms. The van der Waals surface area contributed by atoms with Crippen molar-refractivity contribution in [2.45, 2.75) is 6.54 Å². The molecule has 0 saturated carbocycles. The highest BCUT2D eigenvalue weighted by Crippen LogP contribution is 2.30. The van der Waals surface area contributed by atoms with Crippen molar-refractivity contribution < 1.29 is 13.2 Å². The Morgan fingerprint density at radius 2 is 2.00 bits per heavy atom. The van der Waals surface area contributed by atoms with E-state index in [-0.39, 0.29) is 5.75 Å². The fourth-order valence-corrected chi connectivity index (χ4v) is 3.34. The number of rotatable bonds is 6. The van der Waals surface area contributed by atoms with E-state index in [4.69, 9.17) is 4.74 Å². The number of benzene rings is 1. The molecule has 8 heteroatoms. The lowest BCUT2D eigenvalue weighted by atomic mass is 10.1. The average molecular weight is 360 g/mol. The van der Waals surface area contributed by atoms with Crippen LogP contribution in [-0.4, -0.2) is 54.2 Å². The number of nitrogens with zero attached hydrogens (tertiary/aromatic N) is 4. The summed E-state index contributed by atoms with van der Waals surface area (Å²) in [6.07, 6.45) is 3.40. The standard InChI is InChI=1S/C17H20N4O3S/c1-20(2)25(22,23)11-10-21-9-8-18-16(21)14-12-13-6-4-5-7-15(13)19-17(14)24-3/h4-9,12H,10-11H2,1-3H3. The molecular formula is C17H20N4O3S. The first kappa shape index (κ1) is 17.4. The minimum absolute atomic E-state index is 0.00726. The number of fused-ring (bicyclic) bond motifs is 1. The van der Waals surface area contributed by atoms with Crippen molar-refractivity contribution in [3.8, 4) is 17.3 Å². The van der Waals surface area contributed by atoms with Crippen LogP contribution < -0.4 is 4.74 Å². The van der Waals surface area contributed by atoms with Gasteiger partial charge in [-0.25, -0.2) is 22.7 Å². The highest BCUT2D eigenvalue weighted by Gasteiger charge is 2.18. The van der Waals surface area contributed by atoms with Crippen LogP contribution in [0.15, 0.2) is 42.7 Å². The normalized spacial score (nSPS) is 12.0. The molecule has 0 radical (unpaired) electrons. The molecule has 0 aliphatic heterocycles. The largest absolute Gasteiger partial charge is 0.480 e. The lowest BCUT2D eigenvalue weighted by Gasteiger charge is -2.14. The van der Waals surface area contributed by atoms with Crippen molar-refractivity contribution in [2.75, 3.05) is 27.0 Å². The molecule has 1 aromatic carbocycles. The highest BCUT2D eigenvalue weighted by molar-refractivity contribution is 7.89. The molecule has 0 saturated heterocycles. The molecule has 7 nitrogen and oxygen atoms in total. The summed E-state index contributed by atoms with van der Waals surface area (Å²) in [5.41, 5.74) is 1.56. The molecule has 0 atom stereocenters. The van der Waals surface area contributed by atoms with E-state index in [1.165, 1.54) is 18.4 Å². The molecule has 3 aromatic rings. The predicted octanol–water partition coefficient (Wildman–Crippen LogP) is 2.00. The lowest BCUT2D eigenvalue weighted by molar-refractivity contribution is 0.401. The van der Waals surface area contributed by atoms with Crippen molar-refractivity contribution in [1.29, 1.82) is 0 Å². The van der Waals surface area contributed by atoms with E-state index in [1.807, 2.05) is 30.3 Å². The number of aryl methyl sites for hydroxylation is 1. The zero-order chi connectivity index (χ0) is 18.0. The summed E-state index contributed by atoms with van der Waals surface area (Å²) < 4.78 is 32.5. The Morgan fingerprint density at radius 1 is 1.24 bits per heavy atom. The zero-order valence-corrected chi connectivity index (χ0v) is 15.2. The van der Waals surface area contributed by atoms with E-state index >= 15 is 0 Å². The number of methoxy groups -OCH3 is 1. The van der Waals surface area contributed by atoms with Gasteiger partial charge in [-0.1, -0.05) is 18.2 Å². The highest BCUT2D eigenvalue weighted by atomic mass is 32.2. The third kappa shape index (κ3) is 3.49. The van der Waals surface area contributed by atoms with Crippen molar-refractivity contribution in [3.63, 3.8) is 0 Å². The Bertz CT molecular complexity index is 996. The first-order valence-electron chi connectivity index (χ1n) is 7.78. The van der Waals surface area contributed by atoms with Crippen LogP contribution in [0, 0.1) is 0 Å². The van der Waals surface area contributed by atoms with Gasteiger partial charge in [0.25, 0.3) is 0 Å². The van der Waals surface area contributed by atoms with Crippen molar-refractivity contribution in [3.05, 3.63) is 42.7 Å². The fraction of sp³-hybridized carbons (Fsp3) is 0.294. The first-order valence-corrected chi connectivity index (χ1v) is 9.39. The summed E-state index contributed by atoms with van der Waals surface area (Å²) in [6, 6.07) is 9.70. The van der Waals surface area contributed by atoms with Crippen LogP contribution in [0.1, 0.15) is 0 Å². The molecule has 0 bridgehead atoms. The Kier molecular flexibility index (Phi) is 4.73. The number of ether oxygens (including phenoxy) is 1. The zero-order valence-electron chi connectivity index (χ0n) is 14.4. The Hall–Kier alpha value is -2.45. The van der Waals surface area contributed by atoms with Gasteiger partial charge in [0, 0.05) is 38.4 Å². The van der Waals surface area contributed by atoms with Gasteiger partial charge in [0.05, 0.1) is 23.9 Å². The van der Waals surface area contributed by atoms with Gasteiger partial charge < -0.3 is 9.30 Å².